The van der Waals surface area contributed by atoms with Gasteiger partial charge >= 0.3 is 0 Å². The summed E-state index contributed by atoms with van der Waals surface area (Å²) in [4.78, 5) is 6.30. The highest BCUT2D eigenvalue weighted by Crippen LogP contribution is 2.15. The minimum atomic E-state index is 0.0436. The van der Waals surface area contributed by atoms with E-state index in [2.05, 4.69) is 35.5 Å². The normalized spacial score (nSPS) is 15.9. The summed E-state index contributed by atoms with van der Waals surface area (Å²) in [7, 11) is 4.14. The Morgan fingerprint density at radius 2 is 2.14 bits per heavy atom. The van der Waals surface area contributed by atoms with Gasteiger partial charge in [-0.1, -0.05) is 0 Å². The zero-order valence-corrected chi connectivity index (χ0v) is 9.44. The van der Waals surface area contributed by atoms with Gasteiger partial charge in [0.2, 0.25) is 0 Å². The first-order valence-electron chi connectivity index (χ1n) is 4.94. The maximum atomic E-state index is 5.85. The van der Waals surface area contributed by atoms with E-state index in [9.17, 15) is 0 Å². The van der Waals surface area contributed by atoms with Crippen LogP contribution in [-0.2, 0) is 0 Å². The predicted octanol–water partition coefficient (Wildman–Crippen LogP) is 1.03. The molecule has 1 unspecified atom stereocenters. The average Bonchev–Trinajstić information content (AvgIpc) is 2.49. The summed E-state index contributed by atoms with van der Waals surface area (Å²) in [5.41, 5.74) is 6.95. The van der Waals surface area contributed by atoms with Gasteiger partial charge < -0.3 is 15.2 Å². The van der Waals surface area contributed by atoms with Crippen molar-refractivity contribution in [3.63, 3.8) is 0 Å². The third kappa shape index (κ3) is 2.56. The molecule has 0 aliphatic rings. The van der Waals surface area contributed by atoms with E-state index in [0.29, 0.717) is 6.04 Å². The van der Waals surface area contributed by atoms with Crippen LogP contribution in [0.15, 0.2) is 12.5 Å². The summed E-state index contributed by atoms with van der Waals surface area (Å²) in [6, 6.07) is 0.454. The van der Waals surface area contributed by atoms with Crippen LogP contribution < -0.4 is 5.73 Å². The number of hydrogen-bond donors (Lipinski definition) is 1. The largest absolute Gasteiger partial charge is 0.329 e. The van der Waals surface area contributed by atoms with Crippen molar-refractivity contribution < 1.29 is 0 Å². The molecule has 0 aromatic carbocycles. The maximum absolute atomic E-state index is 5.85. The quantitative estimate of drug-likeness (QED) is 0.782. The molecular formula is C10H20N4. The number of nitrogens with two attached hydrogens (primary N) is 1. The van der Waals surface area contributed by atoms with Crippen molar-refractivity contribution in [2.24, 2.45) is 5.73 Å². The highest BCUT2D eigenvalue weighted by molar-refractivity contribution is 5.04. The summed E-state index contributed by atoms with van der Waals surface area (Å²) in [6.07, 6.45) is 3.70. The van der Waals surface area contributed by atoms with Gasteiger partial charge in [-0.05, 0) is 27.9 Å². The van der Waals surface area contributed by atoms with E-state index < -0.39 is 0 Å². The van der Waals surface area contributed by atoms with Gasteiger partial charge in [0.25, 0.3) is 0 Å². The van der Waals surface area contributed by atoms with E-state index in [1.807, 2.05) is 19.4 Å². The molecule has 1 heterocycles. The Morgan fingerprint density at radius 3 is 2.64 bits per heavy atom. The molecule has 0 spiro atoms. The highest BCUT2D eigenvalue weighted by atomic mass is 15.1. The van der Waals surface area contributed by atoms with Gasteiger partial charge in [-0.2, -0.15) is 0 Å². The first kappa shape index (κ1) is 11.2. The maximum Gasteiger partial charge on any atom is 0.0951 e. The minimum Gasteiger partial charge on any atom is -0.329 e. The fourth-order valence-corrected chi connectivity index (χ4v) is 1.65. The number of nitrogens with zero attached hydrogens (tertiary/aromatic N) is 3. The second-order valence-electron chi connectivity index (χ2n) is 4.13. The lowest BCUT2D eigenvalue weighted by Crippen LogP contribution is -2.24. The Morgan fingerprint density at radius 1 is 1.50 bits per heavy atom. The van der Waals surface area contributed by atoms with Gasteiger partial charge in [0.05, 0.1) is 12.0 Å². The molecule has 1 rings (SSSR count). The third-order valence-corrected chi connectivity index (χ3v) is 2.27. The second-order valence-corrected chi connectivity index (χ2v) is 4.13. The molecule has 0 saturated heterocycles. The molecule has 0 radical (unpaired) electrons. The molecule has 0 aliphatic heterocycles. The van der Waals surface area contributed by atoms with Gasteiger partial charge in [0.15, 0.2) is 0 Å². The highest BCUT2D eigenvalue weighted by Gasteiger charge is 2.12. The predicted molar refractivity (Wildman–Crippen MR) is 58.1 cm³/mol. The van der Waals surface area contributed by atoms with Crippen LogP contribution in [0.5, 0.6) is 0 Å². The van der Waals surface area contributed by atoms with Crippen LogP contribution in [0.3, 0.4) is 0 Å². The molecule has 0 saturated carbocycles. The molecule has 4 heteroatoms. The second kappa shape index (κ2) is 4.57. The van der Waals surface area contributed by atoms with Crippen molar-refractivity contribution in [1.29, 1.82) is 0 Å². The molecule has 0 amide bonds. The van der Waals surface area contributed by atoms with Crippen molar-refractivity contribution in [3.05, 3.63) is 18.2 Å². The van der Waals surface area contributed by atoms with E-state index in [4.69, 9.17) is 5.73 Å². The summed E-state index contributed by atoms with van der Waals surface area (Å²) in [5.74, 6) is 0. The van der Waals surface area contributed by atoms with Crippen LogP contribution in [0.2, 0.25) is 0 Å². The van der Waals surface area contributed by atoms with Gasteiger partial charge in [-0.25, -0.2) is 4.98 Å². The summed E-state index contributed by atoms with van der Waals surface area (Å²) >= 11 is 0. The average molecular weight is 196 g/mol. The van der Waals surface area contributed by atoms with E-state index in [1.165, 1.54) is 0 Å². The number of aromatic nitrogens is 2. The van der Waals surface area contributed by atoms with Crippen molar-refractivity contribution in [2.45, 2.75) is 25.9 Å². The topological polar surface area (TPSA) is 47.1 Å². The number of imidazole rings is 1. The standard InChI is InChI=1S/C10H20N4/c1-8(6-13(3)4)14-7-12-5-10(14)9(2)11/h5,7-9H,6,11H2,1-4H3/t8?,9-/m1/s1. The molecule has 80 valence electrons. The lowest BCUT2D eigenvalue weighted by molar-refractivity contribution is 0.331. The fraction of sp³-hybridized carbons (Fsp3) is 0.700. The minimum absolute atomic E-state index is 0.0436. The third-order valence-electron chi connectivity index (χ3n) is 2.27. The molecule has 0 fully saturated rings. The van der Waals surface area contributed by atoms with Crippen LogP contribution in [0.1, 0.15) is 31.6 Å². The van der Waals surface area contributed by atoms with Gasteiger partial charge in [-0.15, -0.1) is 0 Å². The number of hydrogen-bond acceptors (Lipinski definition) is 3. The molecule has 0 bridgehead atoms. The summed E-state index contributed by atoms with van der Waals surface area (Å²) < 4.78 is 2.14. The van der Waals surface area contributed by atoms with Crippen molar-refractivity contribution in [1.82, 2.24) is 14.5 Å². The van der Waals surface area contributed by atoms with E-state index >= 15 is 0 Å². The van der Waals surface area contributed by atoms with Crippen LogP contribution in [0.25, 0.3) is 0 Å². The Labute approximate surface area is 85.7 Å². The van der Waals surface area contributed by atoms with Crippen molar-refractivity contribution in [2.75, 3.05) is 20.6 Å². The van der Waals surface area contributed by atoms with E-state index in [0.717, 1.165) is 12.2 Å². The van der Waals surface area contributed by atoms with Gasteiger partial charge in [-0.3, -0.25) is 0 Å². The van der Waals surface area contributed by atoms with Gasteiger partial charge in [0, 0.05) is 24.8 Å². The van der Waals surface area contributed by atoms with Crippen molar-refractivity contribution in [3.8, 4) is 0 Å². The molecule has 1 aromatic rings. The lowest BCUT2D eigenvalue weighted by Gasteiger charge is -2.21. The number of likely N-dealkylation sites (N-methyl/N-ethyl adjacent to an activating group) is 1. The fourth-order valence-electron chi connectivity index (χ4n) is 1.65. The zero-order chi connectivity index (χ0) is 10.7. The van der Waals surface area contributed by atoms with Crippen LogP contribution >= 0.6 is 0 Å². The van der Waals surface area contributed by atoms with Crippen LogP contribution in [0.4, 0.5) is 0 Å². The molecule has 1 aromatic heterocycles. The Kier molecular flexibility index (Phi) is 3.66. The number of rotatable bonds is 4. The molecule has 0 aliphatic carbocycles. The monoisotopic (exact) mass is 196 g/mol. The molecule has 4 nitrogen and oxygen atoms in total. The van der Waals surface area contributed by atoms with E-state index in [-0.39, 0.29) is 6.04 Å². The Balaban J connectivity index is 2.78. The molecular weight excluding hydrogens is 176 g/mol. The molecule has 2 atom stereocenters. The Hall–Kier alpha value is -0.870. The zero-order valence-electron chi connectivity index (χ0n) is 9.44. The lowest BCUT2D eigenvalue weighted by atomic mass is 10.2. The Bertz CT molecular complexity index is 277. The molecule has 2 N–H and O–H groups in total. The first-order valence-corrected chi connectivity index (χ1v) is 4.94. The van der Waals surface area contributed by atoms with Crippen molar-refractivity contribution >= 4 is 0 Å². The van der Waals surface area contributed by atoms with Gasteiger partial charge in [0.1, 0.15) is 0 Å². The van der Waals surface area contributed by atoms with Crippen LogP contribution in [0, 0.1) is 0 Å². The van der Waals surface area contributed by atoms with E-state index in [1.54, 1.807) is 0 Å². The summed E-state index contributed by atoms with van der Waals surface area (Å²) in [6.45, 7) is 5.15. The van der Waals surface area contributed by atoms with Crippen LogP contribution in [-0.4, -0.2) is 35.1 Å². The SMILES string of the molecule is CC(CN(C)C)n1cncc1[C@@H](C)N. The first-order chi connectivity index (χ1) is 6.52. The molecule has 14 heavy (non-hydrogen) atoms. The smallest absolute Gasteiger partial charge is 0.0951 e. The summed E-state index contributed by atoms with van der Waals surface area (Å²) in [5, 5.41) is 0.